The molecule has 1 fully saturated rings. The molecule has 0 bridgehead atoms. The highest BCUT2D eigenvalue weighted by Gasteiger charge is 2.32. The molecule has 4 heteroatoms. The van der Waals surface area contributed by atoms with Crippen LogP contribution in [-0.2, 0) is 14.3 Å². The topological polar surface area (TPSA) is 38.8 Å². The summed E-state index contributed by atoms with van der Waals surface area (Å²) in [7, 11) is 0. The molecule has 0 radical (unpaired) electrons. The Morgan fingerprint density at radius 2 is 2.06 bits per heavy atom. The predicted octanol–water partition coefficient (Wildman–Crippen LogP) is 1.32. The summed E-state index contributed by atoms with van der Waals surface area (Å²) in [5.41, 5.74) is 0. The maximum Gasteiger partial charge on any atom is 0.289 e. The molecular formula is C12H19NO3. The Balaban J connectivity index is 2.09. The maximum atomic E-state index is 12.3. The molecule has 0 N–H and O–H groups in total. The van der Waals surface area contributed by atoms with Gasteiger partial charge >= 0.3 is 0 Å². The minimum atomic E-state index is 0.0167. The fourth-order valence-electron chi connectivity index (χ4n) is 2.24. The number of ether oxygens (including phenoxy) is 2. The van der Waals surface area contributed by atoms with Gasteiger partial charge in [0.25, 0.3) is 5.91 Å². The van der Waals surface area contributed by atoms with Crippen molar-refractivity contribution in [2.75, 3.05) is 19.8 Å². The van der Waals surface area contributed by atoms with Crippen LogP contribution in [0.25, 0.3) is 0 Å². The molecule has 1 saturated heterocycles. The molecule has 2 atom stereocenters. The number of rotatable bonds is 1. The zero-order valence-electron chi connectivity index (χ0n) is 9.94. The predicted molar refractivity (Wildman–Crippen MR) is 59.9 cm³/mol. The minimum absolute atomic E-state index is 0.0167. The van der Waals surface area contributed by atoms with Crippen molar-refractivity contribution in [3.8, 4) is 0 Å². The van der Waals surface area contributed by atoms with Crippen molar-refractivity contribution in [3.05, 3.63) is 11.8 Å². The van der Waals surface area contributed by atoms with Crippen LogP contribution in [0.5, 0.6) is 0 Å². The lowest BCUT2D eigenvalue weighted by atomic mass is 10.1. The molecule has 0 aliphatic carbocycles. The molecule has 2 rings (SSSR count). The van der Waals surface area contributed by atoms with E-state index in [-0.39, 0.29) is 18.0 Å². The zero-order chi connectivity index (χ0) is 11.5. The molecule has 2 unspecified atom stereocenters. The molecule has 16 heavy (non-hydrogen) atoms. The lowest BCUT2D eigenvalue weighted by molar-refractivity contribution is -0.143. The fraction of sp³-hybridized carbons (Fsp3) is 0.750. The largest absolute Gasteiger partial charge is 0.488 e. The first-order valence-corrected chi connectivity index (χ1v) is 5.93. The summed E-state index contributed by atoms with van der Waals surface area (Å²) in [6.07, 6.45) is 3.85. The van der Waals surface area contributed by atoms with Crippen molar-refractivity contribution in [1.29, 1.82) is 0 Å². The second kappa shape index (κ2) is 4.87. The van der Waals surface area contributed by atoms with Gasteiger partial charge in [0.05, 0.1) is 31.9 Å². The van der Waals surface area contributed by atoms with Crippen LogP contribution in [-0.4, -0.2) is 42.7 Å². The number of morpholine rings is 1. The number of carbonyl (C=O) groups is 1. The number of carbonyl (C=O) groups excluding carboxylic acids is 1. The van der Waals surface area contributed by atoms with Crippen LogP contribution in [0, 0.1) is 0 Å². The molecule has 0 aromatic heterocycles. The van der Waals surface area contributed by atoms with Gasteiger partial charge in [0.15, 0.2) is 5.76 Å². The van der Waals surface area contributed by atoms with Crippen LogP contribution in [0.3, 0.4) is 0 Å². The Morgan fingerprint density at radius 1 is 1.38 bits per heavy atom. The molecule has 4 nitrogen and oxygen atoms in total. The van der Waals surface area contributed by atoms with E-state index in [1.165, 1.54) is 0 Å². The molecule has 90 valence electrons. The van der Waals surface area contributed by atoms with Gasteiger partial charge in [-0.1, -0.05) is 0 Å². The van der Waals surface area contributed by atoms with Gasteiger partial charge in [0.2, 0.25) is 0 Å². The summed E-state index contributed by atoms with van der Waals surface area (Å²) >= 11 is 0. The third-order valence-electron chi connectivity index (χ3n) is 3.05. The number of hydrogen-bond donors (Lipinski definition) is 0. The van der Waals surface area contributed by atoms with Gasteiger partial charge in [-0.15, -0.1) is 0 Å². The molecule has 2 aliphatic heterocycles. The average Bonchev–Trinajstić information content (AvgIpc) is 2.30. The van der Waals surface area contributed by atoms with Crippen molar-refractivity contribution < 1.29 is 14.3 Å². The van der Waals surface area contributed by atoms with Crippen molar-refractivity contribution in [1.82, 2.24) is 4.90 Å². The quantitative estimate of drug-likeness (QED) is 0.675. The summed E-state index contributed by atoms with van der Waals surface area (Å²) in [5, 5.41) is 0. The van der Waals surface area contributed by atoms with Crippen LogP contribution in [0.1, 0.15) is 26.7 Å². The van der Waals surface area contributed by atoms with E-state index < -0.39 is 0 Å². The summed E-state index contributed by atoms with van der Waals surface area (Å²) in [6, 6.07) is 0.255. The zero-order valence-corrected chi connectivity index (χ0v) is 9.94. The van der Waals surface area contributed by atoms with Crippen molar-refractivity contribution in [3.63, 3.8) is 0 Å². The lowest BCUT2D eigenvalue weighted by Gasteiger charge is -2.39. The lowest BCUT2D eigenvalue weighted by Crippen LogP contribution is -2.53. The van der Waals surface area contributed by atoms with Gasteiger partial charge in [-0.05, 0) is 32.8 Å². The Morgan fingerprint density at radius 3 is 2.62 bits per heavy atom. The first-order valence-electron chi connectivity index (χ1n) is 5.93. The van der Waals surface area contributed by atoms with Gasteiger partial charge in [-0.2, -0.15) is 0 Å². The van der Waals surface area contributed by atoms with Crippen LogP contribution in [0.2, 0.25) is 0 Å². The molecule has 2 aliphatic rings. The number of hydrogen-bond acceptors (Lipinski definition) is 3. The van der Waals surface area contributed by atoms with E-state index in [0.29, 0.717) is 25.6 Å². The normalized spacial score (nSPS) is 30.6. The van der Waals surface area contributed by atoms with Crippen LogP contribution in [0.4, 0.5) is 0 Å². The molecule has 0 aromatic carbocycles. The van der Waals surface area contributed by atoms with E-state index in [9.17, 15) is 4.79 Å². The fourth-order valence-corrected chi connectivity index (χ4v) is 2.24. The van der Waals surface area contributed by atoms with Gasteiger partial charge < -0.3 is 14.4 Å². The van der Waals surface area contributed by atoms with E-state index in [1.54, 1.807) is 0 Å². The van der Waals surface area contributed by atoms with E-state index >= 15 is 0 Å². The third kappa shape index (κ3) is 2.21. The monoisotopic (exact) mass is 225 g/mol. The minimum Gasteiger partial charge on any atom is -0.488 e. The van der Waals surface area contributed by atoms with E-state index in [2.05, 4.69) is 0 Å². The van der Waals surface area contributed by atoms with Gasteiger partial charge in [0, 0.05) is 0 Å². The van der Waals surface area contributed by atoms with Crippen LogP contribution in [0.15, 0.2) is 11.8 Å². The van der Waals surface area contributed by atoms with Gasteiger partial charge in [-0.25, -0.2) is 0 Å². The summed E-state index contributed by atoms with van der Waals surface area (Å²) in [4.78, 5) is 14.1. The highest BCUT2D eigenvalue weighted by atomic mass is 16.5. The molecule has 1 amide bonds. The number of amides is 1. The summed E-state index contributed by atoms with van der Waals surface area (Å²) < 4.78 is 10.8. The van der Waals surface area contributed by atoms with E-state index in [4.69, 9.17) is 9.47 Å². The van der Waals surface area contributed by atoms with Gasteiger partial charge in [-0.3, -0.25) is 4.79 Å². The van der Waals surface area contributed by atoms with E-state index in [1.807, 2.05) is 24.8 Å². The Labute approximate surface area is 96.2 Å². The highest BCUT2D eigenvalue weighted by molar-refractivity contribution is 5.92. The molecule has 0 aromatic rings. The Hall–Kier alpha value is -1.03. The van der Waals surface area contributed by atoms with Crippen molar-refractivity contribution >= 4 is 5.91 Å². The smallest absolute Gasteiger partial charge is 0.289 e. The molecule has 2 heterocycles. The summed E-state index contributed by atoms with van der Waals surface area (Å²) in [5.74, 6) is 0.537. The Kier molecular flexibility index (Phi) is 3.49. The molecular weight excluding hydrogens is 206 g/mol. The van der Waals surface area contributed by atoms with Crippen molar-refractivity contribution in [2.24, 2.45) is 0 Å². The Bertz CT molecular complexity index is 291. The standard InChI is InChI=1S/C12H19NO3/c1-9-7-15-8-10(2)13(9)12(14)11-5-3-4-6-16-11/h5,9-10H,3-4,6-8H2,1-2H3. The van der Waals surface area contributed by atoms with Gasteiger partial charge in [0.1, 0.15) is 0 Å². The summed E-state index contributed by atoms with van der Waals surface area (Å²) in [6.45, 7) is 5.91. The SMILES string of the molecule is CC1COCC(C)N1C(=O)C1=CCCCO1. The first kappa shape index (κ1) is 11.5. The second-order valence-electron chi connectivity index (χ2n) is 4.51. The highest BCUT2D eigenvalue weighted by Crippen LogP contribution is 2.19. The number of nitrogens with zero attached hydrogens (tertiary/aromatic N) is 1. The average molecular weight is 225 g/mol. The van der Waals surface area contributed by atoms with Crippen LogP contribution >= 0.6 is 0 Å². The van der Waals surface area contributed by atoms with E-state index in [0.717, 1.165) is 12.8 Å². The molecule has 0 spiro atoms. The second-order valence-corrected chi connectivity index (χ2v) is 4.51. The molecule has 0 saturated carbocycles. The number of allylic oxidation sites excluding steroid dienone is 1. The van der Waals surface area contributed by atoms with Crippen molar-refractivity contribution in [2.45, 2.75) is 38.8 Å². The third-order valence-corrected chi connectivity index (χ3v) is 3.05. The van der Waals surface area contributed by atoms with Crippen LogP contribution < -0.4 is 0 Å². The first-order chi connectivity index (χ1) is 7.70. The maximum absolute atomic E-state index is 12.3.